The normalized spacial score (nSPS) is 17.1. The molecule has 0 aliphatic heterocycles. The smallest absolute Gasteiger partial charge is 0.306 e. The number of esters is 1. The number of hydrogen-bond acceptors (Lipinski definition) is 4. The highest BCUT2D eigenvalue weighted by molar-refractivity contribution is 7.91. The molecule has 1 aromatic heterocycles. The van der Waals surface area contributed by atoms with Crippen molar-refractivity contribution < 1.29 is 22.3 Å². The molecule has 1 heterocycles. The number of nitrogens with zero attached hydrogens (tertiary/aromatic N) is 1. The Kier molecular flexibility index (Phi) is 6.56. The van der Waals surface area contributed by atoms with Crippen LogP contribution in [-0.4, -0.2) is 25.2 Å². The summed E-state index contributed by atoms with van der Waals surface area (Å²) in [7, 11) is -3.74. The van der Waals surface area contributed by atoms with Gasteiger partial charge in [0.2, 0.25) is 0 Å². The first-order valence-corrected chi connectivity index (χ1v) is 13.4. The van der Waals surface area contributed by atoms with E-state index in [4.69, 9.17) is 16.3 Å². The van der Waals surface area contributed by atoms with Gasteiger partial charge in [0, 0.05) is 23.1 Å². The summed E-state index contributed by atoms with van der Waals surface area (Å²) in [6.07, 6.45) is 3.59. The summed E-state index contributed by atoms with van der Waals surface area (Å²) in [6.45, 7) is 3.87. The van der Waals surface area contributed by atoms with Gasteiger partial charge in [-0.25, -0.2) is 12.8 Å². The van der Waals surface area contributed by atoms with Crippen molar-refractivity contribution in [3.05, 3.63) is 64.1 Å². The van der Waals surface area contributed by atoms with E-state index < -0.39 is 21.8 Å². The van der Waals surface area contributed by atoms with Crippen LogP contribution >= 0.6 is 11.6 Å². The number of sulfone groups is 1. The highest BCUT2D eigenvalue weighted by Gasteiger charge is 2.34. The minimum Gasteiger partial charge on any atom is -0.456 e. The van der Waals surface area contributed by atoms with Crippen LogP contribution in [0.4, 0.5) is 4.39 Å². The van der Waals surface area contributed by atoms with Crippen LogP contribution < -0.4 is 0 Å². The van der Waals surface area contributed by atoms with Crippen molar-refractivity contribution in [3.63, 3.8) is 0 Å². The molecule has 0 fully saturated rings. The number of aromatic nitrogens is 1. The lowest BCUT2D eigenvalue weighted by Gasteiger charge is -2.28. The lowest BCUT2D eigenvalue weighted by Crippen LogP contribution is -2.22. The third kappa shape index (κ3) is 4.53. The molecule has 4 rings (SSSR count). The van der Waals surface area contributed by atoms with Gasteiger partial charge in [-0.2, -0.15) is 0 Å². The Hall–Kier alpha value is -2.38. The van der Waals surface area contributed by atoms with Crippen molar-refractivity contribution in [2.24, 2.45) is 0 Å². The number of benzene rings is 2. The van der Waals surface area contributed by atoms with Gasteiger partial charge >= 0.3 is 5.97 Å². The van der Waals surface area contributed by atoms with Crippen molar-refractivity contribution >= 4 is 38.3 Å². The van der Waals surface area contributed by atoms with E-state index in [1.165, 1.54) is 6.07 Å². The number of carbonyl (C=O) groups excluding carboxylic acids is 1. The predicted octanol–water partition coefficient (Wildman–Crippen LogP) is 6.17. The summed E-state index contributed by atoms with van der Waals surface area (Å²) in [5.74, 6) is -0.895. The Morgan fingerprint density at radius 3 is 2.61 bits per heavy atom. The first-order chi connectivity index (χ1) is 15.6. The lowest BCUT2D eigenvalue weighted by molar-refractivity contribution is -0.150. The van der Waals surface area contributed by atoms with Crippen molar-refractivity contribution in [1.29, 1.82) is 0 Å². The summed E-state index contributed by atoms with van der Waals surface area (Å²) in [5, 5.41) is 1.15. The number of halogens is 2. The minimum atomic E-state index is -3.74. The molecule has 0 unspecified atom stereocenters. The van der Waals surface area contributed by atoms with E-state index in [1.54, 1.807) is 12.1 Å². The molecular formula is C25H27ClFNO4S. The highest BCUT2D eigenvalue weighted by Crippen LogP contribution is 2.44. The molecule has 33 heavy (non-hydrogen) atoms. The zero-order valence-corrected chi connectivity index (χ0v) is 20.5. The van der Waals surface area contributed by atoms with Gasteiger partial charge in [0.15, 0.2) is 9.84 Å². The van der Waals surface area contributed by atoms with Crippen LogP contribution in [-0.2, 0) is 25.8 Å². The van der Waals surface area contributed by atoms with E-state index >= 15 is 0 Å². The largest absolute Gasteiger partial charge is 0.456 e. The summed E-state index contributed by atoms with van der Waals surface area (Å²) in [6, 6.07) is 9.50. The molecule has 3 aromatic rings. The Labute approximate surface area is 198 Å². The van der Waals surface area contributed by atoms with E-state index in [9.17, 15) is 17.6 Å². The molecule has 8 heteroatoms. The van der Waals surface area contributed by atoms with E-state index in [0.29, 0.717) is 41.6 Å². The van der Waals surface area contributed by atoms with Crippen LogP contribution in [0.5, 0.6) is 0 Å². The highest BCUT2D eigenvalue weighted by atomic mass is 35.5. The van der Waals surface area contributed by atoms with Crippen LogP contribution in [0.3, 0.4) is 0 Å². The van der Waals surface area contributed by atoms with Gasteiger partial charge in [-0.15, -0.1) is 0 Å². The molecule has 1 aliphatic rings. The average molecular weight is 492 g/mol. The third-order valence-electron chi connectivity index (χ3n) is 6.24. The summed E-state index contributed by atoms with van der Waals surface area (Å²) in [4.78, 5) is 12.3. The molecule has 5 nitrogen and oxygen atoms in total. The fraction of sp³-hybridized carbons (Fsp3) is 0.400. The van der Waals surface area contributed by atoms with E-state index in [2.05, 4.69) is 0 Å². The molecule has 0 saturated heterocycles. The van der Waals surface area contributed by atoms with Gasteiger partial charge in [-0.3, -0.25) is 4.79 Å². The second kappa shape index (κ2) is 9.11. The molecule has 0 N–H and O–H groups in total. The first-order valence-electron chi connectivity index (χ1n) is 11.1. The molecule has 0 amide bonds. The number of hydrogen-bond donors (Lipinski definition) is 0. The predicted molar refractivity (Wildman–Crippen MR) is 127 cm³/mol. The fourth-order valence-electron chi connectivity index (χ4n) is 4.78. The number of fused-ring (bicyclic) bond motifs is 3. The lowest BCUT2D eigenvalue weighted by atomic mass is 9.93. The Balaban J connectivity index is 2.04. The second-order valence-corrected chi connectivity index (χ2v) is 11.1. The van der Waals surface area contributed by atoms with Gasteiger partial charge in [-0.05, 0) is 68.0 Å². The van der Waals surface area contributed by atoms with Crippen molar-refractivity contribution in [1.82, 2.24) is 4.57 Å². The van der Waals surface area contributed by atoms with Gasteiger partial charge < -0.3 is 9.30 Å². The zero-order valence-electron chi connectivity index (χ0n) is 18.9. The Morgan fingerprint density at radius 1 is 1.27 bits per heavy atom. The topological polar surface area (TPSA) is 65.4 Å². The maximum atomic E-state index is 14.6. The fourth-order valence-corrected chi connectivity index (χ4v) is 5.79. The Morgan fingerprint density at radius 2 is 1.97 bits per heavy atom. The first kappa shape index (κ1) is 23.8. The average Bonchev–Trinajstić information content (AvgIpc) is 3.08. The van der Waals surface area contributed by atoms with Gasteiger partial charge in [0.1, 0.15) is 11.9 Å². The van der Waals surface area contributed by atoms with Gasteiger partial charge in [-0.1, -0.05) is 30.7 Å². The van der Waals surface area contributed by atoms with Crippen LogP contribution in [0.25, 0.3) is 10.9 Å². The Bertz CT molecular complexity index is 1310. The summed E-state index contributed by atoms with van der Waals surface area (Å²) in [5.41, 5.74) is 2.95. The molecule has 0 spiro atoms. The van der Waals surface area contributed by atoms with Crippen molar-refractivity contribution in [2.75, 3.05) is 6.26 Å². The molecule has 176 valence electrons. The third-order valence-corrected chi connectivity index (χ3v) is 7.60. The van der Waals surface area contributed by atoms with Crippen molar-refractivity contribution in [2.45, 2.75) is 63.0 Å². The number of ether oxygens (including phenoxy) is 1. The molecule has 0 bridgehead atoms. The van der Waals surface area contributed by atoms with Crippen LogP contribution in [0, 0.1) is 5.82 Å². The number of rotatable bonds is 6. The molecule has 2 atom stereocenters. The van der Waals surface area contributed by atoms with E-state index in [1.807, 2.05) is 30.5 Å². The van der Waals surface area contributed by atoms with Crippen LogP contribution in [0.2, 0.25) is 5.02 Å². The summed E-state index contributed by atoms with van der Waals surface area (Å²) >= 11 is 6.08. The van der Waals surface area contributed by atoms with Crippen LogP contribution in [0.15, 0.2) is 41.3 Å². The molecule has 2 aromatic carbocycles. The minimum absolute atomic E-state index is 0.0636. The number of carbonyl (C=O) groups is 1. The molecule has 0 radical (unpaired) electrons. The molecule has 1 aliphatic carbocycles. The standard InChI is InChI=1S/C25H27ClFNO4S/c1-4-6-23(29)32-21-8-5-7-19-20-13-18(27)14-22(33(3,30)31)25(20)28(24(19)21)15(2)16-9-11-17(26)12-10-16/h9-15,21H,4-8H2,1-3H3/t15-,21+/m0/s1. The monoisotopic (exact) mass is 491 g/mol. The summed E-state index contributed by atoms with van der Waals surface area (Å²) < 4.78 is 47.9. The zero-order chi connectivity index (χ0) is 23.9. The molecular weight excluding hydrogens is 465 g/mol. The van der Waals surface area contributed by atoms with Crippen LogP contribution in [0.1, 0.15) is 68.5 Å². The van der Waals surface area contributed by atoms with Gasteiger partial charge in [0.25, 0.3) is 0 Å². The SMILES string of the molecule is CCCC(=O)O[C@@H]1CCCc2c1n([C@@H](C)c1ccc(Cl)cc1)c1c(S(C)(=O)=O)cc(F)cc21. The maximum Gasteiger partial charge on any atom is 0.306 e. The number of aryl methyl sites for hydroxylation is 1. The van der Waals surface area contributed by atoms with Gasteiger partial charge in [0.05, 0.1) is 22.1 Å². The quantitative estimate of drug-likeness (QED) is 0.387. The van der Waals surface area contributed by atoms with E-state index in [0.717, 1.165) is 35.6 Å². The van der Waals surface area contributed by atoms with E-state index in [-0.39, 0.29) is 16.9 Å². The second-order valence-electron chi connectivity index (χ2n) is 8.65. The maximum absolute atomic E-state index is 14.6. The molecule has 0 saturated carbocycles. The van der Waals surface area contributed by atoms with Crippen molar-refractivity contribution in [3.8, 4) is 0 Å².